The lowest BCUT2D eigenvalue weighted by atomic mass is 10.1. The Bertz CT molecular complexity index is 364. The Hall–Kier alpha value is -1.83. The first-order valence-corrected chi connectivity index (χ1v) is 5.37. The first kappa shape index (κ1) is 12.2. The minimum absolute atomic E-state index is 0.299. The molecule has 1 aromatic rings. The number of ether oxygens (including phenoxy) is 1. The number of hydrogen-bond acceptors (Lipinski definition) is 2. The zero-order chi connectivity index (χ0) is 11.6. The summed E-state index contributed by atoms with van der Waals surface area (Å²) in [4.78, 5) is 10.9. The highest BCUT2D eigenvalue weighted by Gasteiger charge is 1.90. The molecule has 0 fully saturated rings. The van der Waals surface area contributed by atoms with Crippen LogP contribution in [0.25, 0.3) is 0 Å². The van der Waals surface area contributed by atoms with E-state index < -0.39 is 0 Å². The standard InChI is InChI=1S/C14H16O2/c1-2-16-14(15)12-8-4-7-11-13-9-5-3-6-10-13/h3-10,12H,2,11H2,1H3/b7-4+,12-8+. The number of hydrogen-bond donors (Lipinski definition) is 0. The average Bonchev–Trinajstić information content (AvgIpc) is 2.30. The fourth-order valence-corrected chi connectivity index (χ4v) is 1.22. The van der Waals surface area contributed by atoms with Crippen LogP contribution in [-0.2, 0) is 16.0 Å². The highest BCUT2D eigenvalue weighted by Crippen LogP contribution is 1.99. The molecule has 2 heteroatoms. The third kappa shape index (κ3) is 5.15. The maximum absolute atomic E-state index is 10.9. The summed E-state index contributed by atoms with van der Waals surface area (Å²) in [5, 5.41) is 0. The van der Waals surface area contributed by atoms with Gasteiger partial charge in [0.25, 0.3) is 0 Å². The van der Waals surface area contributed by atoms with E-state index in [4.69, 9.17) is 4.74 Å². The lowest BCUT2D eigenvalue weighted by Crippen LogP contribution is -1.98. The molecule has 0 atom stereocenters. The van der Waals surface area contributed by atoms with Gasteiger partial charge in [-0.25, -0.2) is 4.79 Å². The SMILES string of the molecule is CCOC(=O)/C=C/C=C/Cc1ccccc1. The number of esters is 1. The molecule has 0 aliphatic carbocycles. The molecule has 0 unspecified atom stereocenters. The summed E-state index contributed by atoms with van der Waals surface area (Å²) >= 11 is 0. The molecule has 0 saturated carbocycles. The van der Waals surface area contributed by atoms with Gasteiger partial charge in [0.2, 0.25) is 0 Å². The molecule has 0 amide bonds. The second-order valence-electron chi connectivity index (χ2n) is 3.23. The van der Waals surface area contributed by atoms with Crippen molar-refractivity contribution in [2.75, 3.05) is 6.61 Å². The third-order valence-electron chi connectivity index (χ3n) is 1.96. The molecule has 0 heterocycles. The van der Waals surface area contributed by atoms with E-state index >= 15 is 0 Å². The molecule has 84 valence electrons. The summed E-state index contributed by atoms with van der Waals surface area (Å²) < 4.78 is 4.75. The van der Waals surface area contributed by atoms with Crippen molar-refractivity contribution in [3.05, 3.63) is 60.2 Å². The topological polar surface area (TPSA) is 26.3 Å². The molecule has 16 heavy (non-hydrogen) atoms. The van der Waals surface area contributed by atoms with Gasteiger partial charge in [-0.15, -0.1) is 0 Å². The molecule has 1 aromatic carbocycles. The Balaban J connectivity index is 2.30. The fraction of sp³-hybridized carbons (Fsp3) is 0.214. The van der Waals surface area contributed by atoms with Crippen molar-refractivity contribution in [1.82, 2.24) is 0 Å². The number of allylic oxidation sites excluding steroid dienone is 3. The molecular weight excluding hydrogens is 200 g/mol. The molecule has 2 nitrogen and oxygen atoms in total. The second kappa shape index (κ2) is 7.46. The van der Waals surface area contributed by atoms with E-state index in [2.05, 4.69) is 12.1 Å². The molecule has 0 aliphatic heterocycles. The molecule has 0 saturated heterocycles. The van der Waals surface area contributed by atoms with E-state index in [0.29, 0.717) is 6.61 Å². The number of carbonyl (C=O) groups excluding carboxylic acids is 1. The molecule has 0 aromatic heterocycles. The van der Waals surface area contributed by atoms with Gasteiger partial charge in [-0.3, -0.25) is 0 Å². The first-order valence-electron chi connectivity index (χ1n) is 5.37. The van der Waals surface area contributed by atoms with Crippen LogP contribution in [0.1, 0.15) is 12.5 Å². The summed E-state index contributed by atoms with van der Waals surface area (Å²) in [7, 11) is 0. The lowest BCUT2D eigenvalue weighted by molar-refractivity contribution is -0.137. The van der Waals surface area contributed by atoms with Gasteiger partial charge in [-0.05, 0) is 18.9 Å². The van der Waals surface area contributed by atoms with Gasteiger partial charge >= 0.3 is 5.97 Å². The average molecular weight is 216 g/mol. The summed E-state index contributed by atoms with van der Waals surface area (Å²) in [6.45, 7) is 2.20. The zero-order valence-electron chi connectivity index (χ0n) is 9.43. The highest BCUT2D eigenvalue weighted by molar-refractivity contribution is 5.82. The Morgan fingerprint density at radius 1 is 1.25 bits per heavy atom. The zero-order valence-corrected chi connectivity index (χ0v) is 9.43. The van der Waals surface area contributed by atoms with Crippen LogP contribution in [0.5, 0.6) is 0 Å². The van der Waals surface area contributed by atoms with E-state index in [1.165, 1.54) is 11.6 Å². The van der Waals surface area contributed by atoms with Gasteiger partial charge in [0.05, 0.1) is 6.61 Å². The van der Waals surface area contributed by atoms with Gasteiger partial charge in [0, 0.05) is 6.08 Å². The van der Waals surface area contributed by atoms with E-state index in [9.17, 15) is 4.79 Å². The molecular formula is C14H16O2. The Kier molecular flexibility index (Phi) is 5.71. The van der Waals surface area contributed by atoms with Crippen LogP contribution in [0.2, 0.25) is 0 Å². The van der Waals surface area contributed by atoms with Crippen LogP contribution >= 0.6 is 0 Å². The maximum atomic E-state index is 10.9. The van der Waals surface area contributed by atoms with E-state index in [-0.39, 0.29) is 5.97 Å². The molecule has 0 N–H and O–H groups in total. The van der Waals surface area contributed by atoms with Crippen molar-refractivity contribution in [2.45, 2.75) is 13.3 Å². The summed E-state index contributed by atoms with van der Waals surface area (Å²) in [6.07, 6.45) is 7.84. The van der Waals surface area contributed by atoms with Crippen LogP contribution in [-0.4, -0.2) is 12.6 Å². The molecule has 0 radical (unpaired) electrons. The monoisotopic (exact) mass is 216 g/mol. The van der Waals surface area contributed by atoms with Crippen LogP contribution in [0.4, 0.5) is 0 Å². The Morgan fingerprint density at radius 2 is 2.00 bits per heavy atom. The Labute approximate surface area is 96.2 Å². The van der Waals surface area contributed by atoms with Gasteiger partial charge in [0.15, 0.2) is 0 Å². The van der Waals surface area contributed by atoms with Crippen molar-refractivity contribution >= 4 is 5.97 Å². The third-order valence-corrected chi connectivity index (χ3v) is 1.96. The van der Waals surface area contributed by atoms with Gasteiger partial charge in [-0.2, -0.15) is 0 Å². The van der Waals surface area contributed by atoms with Crippen LogP contribution in [0, 0.1) is 0 Å². The predicted octanol–water partition coefficient (Wildman–Crippen LogP) is 2.90. The Morgan fingerprint density at radius 3 is 2.69 bits per heavy atom. The molecule has 1 rings (SSSR count). The summed E-state index contributed by atoms with van der Waals surface area (Å²) in [5.41, 5.74) is 1.25. The quantitative estimate of drug-likeness (QED) is 0.430. The lowest BCUT2D eigenvalue weighted by Gasteiger charge is -1.93. The second-order valence-corrected chi connectivity index (χ2v) is 3.23. The van der Waals surface area contributed by atoms with E-state index in [0.717, 1.165) is 6.42 Å². The fourth-order valence-electron chi connectivity index (χ4n) is 1.22. The minimum atomic E-state index is -0.299. The largest absolute Gasteiger partial charge is 0.463 e. The molecule has 0 spiro atoms. The molecule has 0 bridgehead atoms. The van der Waals surface area contributed by atoms with Crippen molar-refractivity contribution in [1.29, 1.82) is 0 Å². The number of benzene rings is 1. The van der Waals surface area contributed by atoms with Crippen molar-refractivity contribution in [3.8, 4) is 0 Å². The normalized spacial score (nSPS) is 11.1. The van der Waals surface area contributed by atoms with Crippen LogP contribution in [0.3, 0.4) is 0 Å². The number of carbonyl (C=O) groups is 1. The van der Waals surface area contributed by atoms with Crippen molar-refractivity contribution in [2.24, 2.45) is 0 Å². The van der Waals surface area contributed by atoms with Crippen LogP contribution < -0.4 is 0 Å². The highest BCUT2D eigenvalue weighted by atomic mass is 16.5. The number of rotatable bonds is 5. The van der Waals surface area contributed by atoms with Crippen molar-refractivity contribution < 1.29 is 9.53 Å². The first-order chi connectivity index (χ1) is 7.83. The van der Waals surface area contributed by atoms with E-state index in [1.54, 1.807) is 13.0 Å². The maximum Gasteiger partial charge on any atom is 0.330 e. The summed E-state index contributed by atoms with van der Waals surface area (Å²) in [6, 6.07) is 10.2. The summed E-state index contributed by atoms with van der Waals surface area (Å²) in [5.74, 6) is -0.299. The predicted molar refractivity (Wildman–Crippen MR) is 65.1 cm³/mol. The van der Waals surface area contributed by atoms with Gasteiger partial charge < -0.3 is 4.74 Å². The van der Waals surface area contributed by atoms with E-state index in [1.807, 2.05) is 30.4 Å². The van der Waals surface area contributed by atoms with Gasteiger partial charge in [0.1, 0.15) is 0 Å². The van der Waals surface area contributed by atoms with Crippen LogP contribution in [0.15, 0.2) is 54.6 Å². The van der Waals surface area contributed by atoms with Crippen molar-refractivity contribution in [3.63, 3.8) is 0 Å². The van der Waals surface area contributed by atoms with Gasteiger partial charge in [-0.1, -0.05) is 48.6 Å². The smallest absolute Gasteiger partial charge is 0.330 e. The minimum Gasteiger partial charge on any atom is -0.463 e. The molecule has 0 aliphatic rings.